The van der Waals surface area contributed by atoms with Crippen molar-refractivity contribution in [3.05, 3.63) is 42.0 Å². The van der Waals surface area contributed by atoms with Crippen LogP contribution in [0.2, 0.25) is 0 Å². The largest absolute Gasteiger partial charge is 0.496 e. The van der Waals surface area contributed by atoms with E-state index in [-0.39, 0.29) is 18.0 Å². The quantitative estimate of drug-likeness (QED) is 0.712. The summed E-state index contributed by atoms with van der Waals surface area (Å²) >= 11 is 0. The van der Waals surface area contributed by atoms with E-state index in [2.05, 4.69) is 10.2 Å². The van der Waals surface area contributed by atoms with Gasteiger partial charge >= 0.3 is 0 Å². The number of nitrogen functional groups attached to an aromatic ring is 1. The molecule has 27 heavy (non-hydrogen) atoms. The fourth-order valence-electron chi connectivity index (χ4n) is 3.56. The van der Waals surface area contributed by atoms with Crippen LogP contribution in [0.1, 0.15) is 38.1 Å². The first-order chi connectivity index (χ1) is 12.8. The van der Waals surface area contributed by atoms with Crippen LogP contribution in [0.4, 0.5) is 5.82 Å². The Hall–Kier alpha value is -3.02. The number of aromatic nitrogens is 2. The summed E-state index contributed by atoms with van der Waals surface area (Å²) in [5.41, 5.74) is 9.09. The highest BCUT2D eigenvalue weighted by Gasteiger charge is 2.27. The molecule has 0 aliphatic heterocycles. The Morgan fingerprint density at radius 1 is 1.15 bits per heavy atom. The van der Waals surface area contributed by atoms with E-state index >= 15 is 0 Å². The van der Waals surface area contributed by atoms with Gasteiger partial charge in [-0.25, -0.2) is 0 Å². The highest BCUT2D eigenvalue weighted by atomic mass is 16.5. The van der Waals surface area contributed by atoms with Gasteiger partial charge in [0, 0.05) is 17.5 Å². The van der Waals surface area contributed by atoms with Crippen molar-refractivity contribution in [2.45, 2.75) is 39.8 Å². The van der Waals surface area contributed by atoms with E-state index < -0.39 is 0 Å². The number of methoxy groups -OCH3 is 1. The highest BCUT2D eigenvalue weighted by Crippen LogP contribution is 2.34. The molecule has 3 rings (SSSR count). The average Bonchev–Trinajstić information content (AvgIpc) is 3.00. The number of carbonyl (C=O) groups excluding carboxylic acids is 1. The second kappa shape index (κ2) is 7.31. The highest BCUT2D eigenvalue weighted by molar-refractivity contribution is 6.05. The minimum Gasteiger partial charge on any atom is -0.496 e. The van der Waals surface area contributed by atoms with Gasteiger partial charge in [0.05, 0.1) is 18.2 Å². The molecule has 0 atom stereocenters. The number of fused-ring (bicyclic) bond motifs is 1. The number of H-pyrrole nitrogens is 1. The molecule has 0 saturated carbocycles. The minimum absolute atomic E-state index is 0.0484. The molecule has 0 radical (unpaired) electrons. The van der Waals surface area contributed by atoms with Gasteiger partial charge in [0.15, 0.2) is 5.82 Å². The predicted molar refractivity (Wildman–Crippen MR) is 109 cm³/mol. The van der Waals surface area contributed by atoms with Gasteiger partial charge in [-0.3, -0.25) is 9.89 Å². The van der Waals surface area contributed by atoms with Gasteiger partial charge in [-0.2, -0.15) is 5.10 Å². The molecule has 0 unspecified atom stereocenters. The summed E-state index contributed by atoms with van der Waals surface area (Å²) in [5.74, 6) is 0.949. The maximum Gasteiger partial charge on any atom is 0.258 e. The molecule has 142 valence electrons. The van der Waals surface area contributed by atoms with Crippen LogP contribution in [0.15, 0.2) is 36.4 Å². The van der Waals surface area contributed by atoms with Crippen LogP contribution in [-0.4, -0.2) is 40.2 Å². The molecular formula is C21H26N4O2. The first kappa shape index (κ1) is 18.8. The van der Waals surface area contributed by atoms with Crippen molar-refractivity contribution in [1.82, 2.24) is 15.1 Å². The second-order valence-electron chi connectivity index (χ2n) is 7.15. The lowest BCUT2D eigenvalue weighted by Gasteiger charge is -2.32. The first-order valence-electron chi connectivity index (χ1n) is 9.08. The normalized spacial score (nSPS) is 11.4. The molecule has 6 heteroatoms. The Balaban J connectivity index is 2.21. The standard InChI is InChI=1S/C21H26N4O2/c1-12(2)25(13(3)4)21(26)19-15(7-6-8-18(19)27-5)14-9-10-17-16(11-14)20(22)24-23-17/h6-13H,1-5H3,(H3,22,23,24). The lowest BCUT2D eigenvalue weighted by molar-refractivity contribution is 0.0641. The molecule has 3 aromatic rings. The molecule has 0 bridgehead atoms. The summed E-state index contributed by atoms with van der Waals surface area (Å²) in [6.07, 6.45) is 0. The molecule has 6 nitrogen and oxygen atoms in total. The van der Waals surface area contributed by atoms with Crippen LogP contribution in [0, 0.1) is 0 Å². The molecule has 0 spiro atoms. The zero-order chi connectivity index (χ0) is 19.7. The maximum absolute atomic E-state index is 13.5. The molecule has 2 aromatic carbocycles. The third kappa shape index (κ3) is 3.35. The molecule has 0 fully saturated rings. The Morgan fingerprint density at radius 2 is 1.85 bits per heavy atom. The zero-order valence-corrected chi connectivity index (χ0v) is 16.4. The van der Waals surface area contributed by atoms with E-state index in [0.29, 0.717) is 17.1 Å². The van der Waals surface area contributed by atoms with Crippen molar-refractivity contribution in [3.8, 4) is 16.9 Å². The predicted octanol–water partition coefficient (Wildman–Crippen LogP) is 4.08. The third-order valence-electron chi connectivity index (χ3n) is 4.71. The van der Waals surface area contributed by atoms with Crippen molar-refractivity contribution >= 4 is 22.6 Å². The third-order valence-corrected chi connectivity index (χ3v) is 4.71. The summed E-state index contributed by atoms with van der Waals surface area (Å²) in [6, 6.07) is 11.6. The van der Waals surface area contributed by atoms with Crippen LogP contribution in [0.3, 0.4) is 0 Å². The summed E-state index contributed by atoms with van der Waals surface area (Å²) in [7, 11) is 1.59. The van der Waals surface area contributed by atoms with E-state index in [0.717, 1.165) is 22.0 Å². The molecule has 1 aromatic heterocycles. The first-order valence-corrected chi connectivity index (χ1v) is 9.08. The lowest BCUT2D eigenvalue weighted by atomic mass is 9.96. The fraction of sp³-hybridized carbons (Fsp3) is 0.333. The Morgan fingerprint density at radius 3 is 2.48 bits per heavy atom. The number of amides is 1. The molecule has 0 saturated heterocycles. The van der Waals surface area contributed by atoms with Crippen LogP contribution in [-0.2, 0) is 0 Å². The van der Waals surface area contributed by atoms with Crippen LogP contribution < -0.4 is 10.5 Å². The number of nitrogens with zero attached hydrogens (tertiary/aromatic N) is 2. The minimum atomic E-state index is -0.0484. The zero-order valence-electron chi connectivity index (χ0n) is 16.4. The molecule has 3 N–H and O–H groups in total. The van der Waals surface area contributed by atoms with E-state index in [9.17, 15) is 4.79 Å². The van der Waals surface area contributed by atoms with Gasteiger partial charge in [-0.1, -0.05) is 18.2 Å². The fourth-order valence-corrected chi connectivity index (χ4v) is 3.56. The number of hydrogen-bond acceptors (Lipinski definition) is 4. The van der Waals surface area contributed by atoms with Gasteiger partial charge < -0.3 is 15.4 Å². The number of hydrogen-bond donors (Lipinski definition) is 2. The second-order valence-corrected chi connectivity index (χ2v) is 7.15. The van der Waals surface area contributed by atoms with E-state index in [1.807, 2.05) is 69.0 Å². The number of anilines is 1. The Kier molecular flexibility index (Phi) is 5.08. The summed E-state index contributed by atoms with van der Waals surface area (Å²) in [4.78, 5) is 15.4. The number of nitrogens with one attached hydrogen (secondary N) is 1. The molecule has 0 aliphatic carbocycles. The van der Waals surface area contributed by atoms with Crippen molar-refractivity contribution in [2.75, 3.05) is 12.8 Å². The van der Waals surface area contributed by atoms with E-state index in [1.165, 1.54) is 0 Å². The molecule has 1 amide bonds. The number of ether oxygens (including phenoxy) is 1. The Bertz CT molecular complexity index is 967. The van der Waals surface area contributed by atoms with E-state index in [1.54, 1.807) is 7.11 Å². The molecule has 1 heterocycles. The number of nitrogens with two attached hydrogens (primary N) is 1. The van der Waals surface area contributed by atoms with Crippen molar-refractivity contribution in [3.63, 3.8) is 0 Å². The lowest BCUT2D eigenvalue weighted by Crippen LogP contribution is -2.42. The number of carbonyl (C=O) groups is 1. The van der Waals surface area contributed by atoms with Gasteiger partial charge in [-0.15, -0.1) is 0 Å². The topological polar surface area (TPSA) is 84.2 Å². The van der Waals surface area contributed by atoms with Gasteiger partial charge in [-0.05, 0) is 57.0 Å². The monoisotopic (exact) mass is 366 g/mol. The van der Waals surface area contributed by atoms with Crippen molar-refractivity contribution < 1.29 is 9.53 Å². The van der Waals surface area contributed by atoms with Crippen LogP contribution in [0.5, 0.6) is 5.75 Å². The number of rotatable bonds is 5. The van der Waals surface area contributed by atoms with Gasteiger partial charge in [0.1, 0.15) is 5.75 Å². The summed E-state index contributed by atoms with van der Waals surface area (Å²) < 4.78 is 5.54. The van der Waals surface area contributed by atoms with Crippen molar-refractivity contribution in [1.29, 1.82) is 0 Å². The maximum atomic E-state index is 13.5. The summed E-state index contributed by atoms with van der Waals surface area (Å²) in [6.45, 7) is 8.08. The van der Waals surface area contributed by atoms with Crippen molar-refractivity contribution in [2.24, 2.45) is 0 Å². The number of benzene rings is 2. The number of aromatic amines is 1. The molecule has 0 aliphatic rings. The van der Waals surface area contributed by atoms with Crippen LogP contribution >= 0.6 is 0 Å². The SMILES string of the molecule is COc1cccc(-c2ccc3[nH]nc(N)c3c2)c1C(=O)N(C(C)C)C(C)C. The smallest absolute Gasteiger partial charge is 0.258 e. The average molecular weight is 366 g/mol. The van der Waals surface area contributed by atoms with E-state index in [4.69, 9.17) is 10.5 Å². The van der Waals surface area contributed by atoms with Gasteiger partial charge in [0.2, 0.25) is 0 Å². The Labute approximate surface area is 159 Å². The van der Waals surface area contributed by atoms with Crippen LogP contribution in [0.25, 0.3) is 22.0 Å². The summed E-state index contributed by atoms with van der Waals surface area (Å²) in [5, 5.41) is 7.78. The van der Waals surface area contributed by atoms with Gasteiger partial charge in [0.25, 0.3) is 5.91 Å². The molecular weight excluding hydrogens is 340 g/mol.